The van der Waals surface area contributed by atoms with Gasteiger partial charge in [-0.05, 0) is 23.8 Å². The van der Waals surface area contributed by atoms with Crippen molar-refractivity contribution < 1.29 is 9.53 Å². The highest BCUT2D eigenvalue weighted by Crippen LogP contribution is 2.50. The molecule has 3 N–H and O–H groups in total. The number of hydrogen-bond donors (Lipinski definition) is 2. The second-order valence-electron chi connectivity index (χ2n) is 5.67. The maximum atomic E-state index is 12.0. The highest BCUT2D eigenvalue weighted by atomic mass is 16.5. The summed E-state index contributed by atoms with van der Waals surface area (Å²) < 4.78 is 5.31. The highest BCUT2D eigenvalue weighted by Gasteiger charge is 2.59. The van der Waals surface area contributed by atoms with Crippen molar-refractivity contribution in [2.75, 3.05) is 13.1 Å². The van der Waals surface area contributed by atoms with E-state index in [1.165, 1.54) is 0 Å². The Morgan fingerprint density at radius 1 is 1.28 bits per heavy atom. The van der Waals surface area contributed by atoms with Gasteiger partial charge in [-0.25, -0.2) is 0 Å². The Morgan fingerprint density at radius 3 is 2.50 bits per heavy atom. The fourth-order valence-electron chi connectivity index (χ4n) is 3.03. The minimum absolute atomic E-state index is 0.260. The summed E-state index contributed by atoms with van der Waals surface area (Å²) in [4.78, 5) is 12.0. The number of esters is 1. The molecular weight excluding hydrogens is 228 g/mol. The third-order valence-corrected chi connectivity index (χ3v) is 4.00. The number of carbonyl (C=O) groups excluding carboxylic acids is 1. The van der Waals surface area contributed by atoms with Crippen LogP contribution >= 0.6 is 0 Å². The topological polar surface area (TPSA) is 64.4 Å². The molecule has 4 nitrogen and oxygen atoms in total. The Labute approximate surface area is 107 Å². The van der Waals surface area contributed by atoms with Crippen molar-refractivity contribution in [2.24, 2.45) is 11.1 Å². The molecule has 1 heterocycles. The number of nitrogens with two attached hydrogens (primary N) is 1. The largest absolute Gasteiger partial charge is 0.459 e. The van der Waals surface area contributed by atoms with Crippen LogP contribution in [0.5, 0.6) is 0 Å². The summed E-state index contributed by atoms with van der Waals surface area (Å²) in [5, 5.41) is 3.23. The van der Waals surface area contributed by atoms with E-state index in [2.05, 4.69) is 5.32 Å². The van der Waals surface area contributed by atoms with Gasteiger partial charge in [0.2, 0.25) is 0 Å². The first-order valence-corrected chi connectivity index (χ1v) is 6.33. The average Bonchev–Trinajstić information content (AvgIpc) is 2.31. The summed E-state index contributed by atoms with van der Waals surface area (Å²) in [6.45, 7) is 2.28. The van der Waals surface area contributed by atoms with E-state index in [1.54, 1.807) is 0 Å². The molecule has 1 spiro atoms. The van der Waals surface area contributed by atoms with E-state index in [-0.39, 0.29) is 11.4 Å². The molecular formula is C14H18N2O2. The summed E-state index contributed by atoms with van der Waals surface area (Å²) in [7, 11) is 0. The Hall–Kier alpha value is -1.39. The average molecular weight is 246 g/mol. The van der Waals surface area contributed by atoms with Gasteiger partial charge in [-0.3, -0.25) is 4.79 Å². The summed E-state index contributed by atoms with van der Waals surface area (Å²) in [5.74, 6) is -0.260. The molecule has 0 atom stereocenters. The predicted octanol–water partition coefficient (Wildman–Crippen LogP) is 0.811. The van der Waals surface area contributed by atoms with E-state index in [0.29, 0.717) is 6.61 Å². The van der Waals surface area contributed by atoms with Crippen LogP contribution < -0.4 is 11.1 Å². The highest BCUT2D eigenvalue weighted by molar-refractivity contribution is 5.82. The minimum Gasteiger partial charge on any atom is -0.459 e. The van der Waals surface area contributed by atoms with Crippen LogP contribution in [-0.4, -0.2) is 24.6 Å². The van der Waals surface area contributed by atoms with Gasteiger partial charge in [-0.15, -0.1) is 0 Å². The van der Waals surface area contributed by atoms with Crippen molar-refractivity contribution in [2.45, 2.75) is 25.0 Å². The van der Waals surface area contributed by atoms with Crippen LogP contribution in [0, 0.1) is 5.41 Å². The van der Waals surface area contributed by atoms with Gasteiger partial charge in [0.05, 0.1) is 0 Å². The van der Waals surface area contributed by atoms with E-state index in [4.69, 9.17) is 10.5 Å². The monoisotopic (exact) mass is 246 g/mol. The lowest BCUT2D eigenvalue weighted by molar-refractivity contribution is -0.164. The zero-order valence-corrected chi connectivity index (χ0v) is 10.3. The van der Waals surface area contributed by atoms with Crippen LogP contribution in [0.1, 0.15) is 18.4 Å². The van der Waals surface area contributed by atoms with Crippen LogP contribution in [0.3, 0.4) is 0 Å². The predicted molar refractivity (Wildman–Crippen MR) is 67.7 cm³/mol. The smallest absolute Gasteiger partial charge is 0.326 e. The van der Waals surface area contributed by atoms with Crippen molar-refractivity contribution >= 4 is 5.97 Å². The van der Waals surface area contributed by atoms with E-state index in [0.717, 1.165) is 31.5 Å². The van der Waals surface area contributed by atoms with Crippen LogP contribution in [-0.2, 0) is 16.1 Å². The summed E-state index contributed by atoms with van der Waals surface area (Å²) in [6, 6.07) is 9.68. The van der Waals surface area contributed by atoms with Crippen molar-refractivity contribution in [3.8, 4) is 0 Å². The second-order valence-corrected chi connectivity index (χ2v) is 5.67. The summed E-state index contributed by atoms with van der Waals surface area (Å²) in [6.07, 6.45) is 1.50. The van der Waals surface area contributed by atoms with Crippen molar-refractivity contribution in [3.63, 3.8) is 0 Å². The zero-order chi connectivity index (χ0) is 12.6. The van der Waals surface area contributed by atoms with E-state index in [1.807, 2.05) is 30.3 Å². The molecule has 0 bridgehead atoms. The molecule has 0 unspecified atom stereocenters. The van der Waals surface area contributed by atoms with Gasteiger partial charge < -0.3 is 15.8 Å². The fraction of sp³-hybridized carbons (Fsp3) is 0.500. The van der Waals surface area contributed by atoms with Gasteiger partial charge in [-0.2, -0.15) is 0 Å². The van der Waals surface area contributed by atoms with Crippen LogP contribution in [0.25, 0.3) is 0 Å². The molecule has 2 aliphatic rings. The number of carbonyl (C=O) groups is 1. The van der Waals surface area contributed by atoms with Crippen LogP contribution in [0.2, 0.25) is 0 Å². The first-order valence-electron chi connectivity index (χ1n) is 6.33. The summed E-state index contributed by atoms with van der Waals surface area (Å²) in [5.41, 5.74) is 6.61. The molecule has 1 aromatic carbocycles. The van der Waals surface area contributed by atoms with Crippen LogP contribution in [0.4, 0.5) is 0 Å². The van der Waals surface area contributed by atoms with Gasteiger partial charge in [0, 0.05) is 13.1 Å². The number of benzene rings is 1. The molecule has 0 amide bonds. The Kier molecular flexibility index (Phi) is 2.64. The molecule has 1 aromatic rings. The molecule has 1 aliphatic carbocycles. The molecule has 0 aromatic heterocycles. The first-order chi connectivity index (χ1) is 8.62. The standard InChI is InChI=1S/C14H18N2O2/c15-14(7-13(8-14)9-16-10-13)12(17)18-6-11-4-2-1-3-5-11/h1-5,16H,6-10,15H2. The lowest BCUT2D eigenvalue weighted by atomic mass is 9.54. The van der Waals surface area contributed by atoms with E-state index in [9.17, 15) is 4.79 Å². The molecule has 96 valence electrons. The maximum Gasteiger partial charge on any atom is 0.326 e. The number of hydrogen-bond acceptors (Lipinski definition) is 4. The molecule has 1 saturated heterocycles. The minimum atomic E-state index is -0.753. The molecule has 3 rings (SSSR count). The lowest BCUT2D eigenvalue weighted by Gasteiger charge is -2.58. The normalized spacial score (nSPS) is 22.9. The number of nitrogens with one attached hydrogen (secondary N) is 1. The van der Waals surface area contributed by atoms with Gasteiger partial charge in [0.1, 0.15) is 12.1 Å². The molecule has 2 fully saturated rings. The van der Waals surface area contributed by atoms with Gasteiger partial charge in [0.15, 0.2) is 0 Å². The molecule has 4 heteroatoms. The second kappa shape index (κ2) is 4.07. The fourth-order valence-corrected chi connectivity index (χ4v) is 3.03. The third kappa shape index (κ3) is 1.91. The third-order valence-electron chi connectivity index (χ3n) is 4.00. The van der Waals surface area contributed by atoms with Gasteiger partial charge in [0.25, 0.3) is 0 Å². The zero-order valence-electron chi connectivity index (χ0n) is 10.3. The SMILES string of the molecule is NC1(C(=O)OCc2ccccc2)CC2(CNC2)C1. The number of rotatable bonds is 3. The van der Waals surface area contributed by atoms with Crippen molar-refractivity contribution in [1.29, 1.82) is 0 Å². The van der Waals surface area contributed by atoms with Gasteiger partial charge >= 0.3 is 5.97 Å². The Bertz CT molecular complexity index is 446. The summed E-state index contributed by atoms with van der Waals surface area (Å²) >= 11 is 0. The van der Waals surface area contributed by atoms with Crippen molar-refractivity contribution in [1.82, 2.24) is 5.32 Å². The van der Waals surface area contributed by atoms with E-state index >= 15 is 0 Å². The van der Waals surface area contributed by atoms with Gasteiger partial charge in [-0.1, -0.05) is 30.3 Å². The molecule has 0 radical (unpaired) electrons. The molecule has 1 aliphatic heterocycles. The number of ether oxygens (including phenoxy) is 1. The van der Waals surface area contributed by atoms with Crippen molar-refractivity contribution in [3.05, 3.63) is 35.9 Å². The van der Waals surface area contributed by atoms with E-state index < -0.39 is 5.54 Å². The first kappa shape index (κ1) is 11.7. The molecule has 1 saturated carbocycles. The Balaban J connectivity index is 1.53. The van der Waals surface area contributed by atoms with Crippen LogP contribution in [0.15, 0.2) is 30.3 Å². The maximum absolute atomic E-state index is 12.0. The lowest BCUT2D eigenvalue weighted by Crippen LogP contribution is -2.72. The quantitative estimate of drug-likeness (QED) is 0.775. The molecule has 18 heavy (non-hydrogen) atoms. The Morgan fingerprint density at radius 2 is 1.94 bits per heavy atom.